The summed E-state index contributed by atoms with van der Waals surface area (Å²) < 4.78 is 0.586. The molecule has 0 aliphatic rings. The lowest BCUT2D eigenvalue weighted by atomic mass is 10.1. The van der Waals surface area contributed by atoms with Gasteiger partial charge in [-0.2, -0.15) is 0 Å². The molecule has 22 heavy (non-hydrogen) atoms. The van der Waals surface area contributed by atoms with Crippen LogP contribution < -0.4 is 11.3 Å². The van der Waals surface area contributed by atoms with Crippen LogP contribution in [0.2, 0.25) is 0 Å². The highest BCUT2D eigenvalue weighted by molar-refractivity contribution is 7.22. The van der Waals surface area contributed by atoms with Gasteiger partial charge in [-0.1, -0.05) is 13.8 Å². The number of rotatable bonds is 3. The Morgan fingerprint density at radius 2 is 2.14 bits per heavy atom. The minimum absolute atomic E-state index is 0. The van der Waals surface area contributed by atoms with Gasteiger partial charge >= 0.3 is 0 Å². The topological polar surface area (TPSA) is 97.5 Å². The molecule has 0 aromatic carbocycles. The van der Waals surface area contributed by atoms with Crippen molar-refractivity contribution in [3.63, 3.8) is 0 Å². The molecule has 0 bridgehead atoms. The Kier molecular flexibility index (Phi) is 4.90. The molecule has 0 aliphatic carbocycles. The first-order valence-electron chi connectivity index (χ1n) is 6.62. The van der Waals surface area contributed by atoms with Gasteiger partial charge in [0.15, 0.2) is 0 Å². The van der Waals surface area contributed by atoms with Gasteiger partial charge in [0, 0.05) is 6.20 Å². The Morgan fingerprint density at radius 1 is 1.36 bits per heavy atom. The van der Waals surface area contributed by atoms with Gasteiger partial charge in [0.2, 0.25) is 0 Å². The Labute approximate surface area is 137 Å². The molecule has 3 rings (SSSR count). The van der Waals surface area contributed by atoms with Crippen LogP contribution in [0.15, 0.2) is 29.5 Å². The molecule has 0 fully saturated rings. The van der Waals surface area contributed by atoms with Gasteiger partial charge in [0.25, 0.3) is 5.56 Å². The summed E-state index contributed by atoms with van der Waals surface area (Å²) >= 11 is 1.37. The number of hydrogen-bond donors (Lipinski definition) is 2. The van der Waals surface area contributed by atoms with Crippen molar-refractivity contribution in [2.24, 2.45) is 11.7 Å². The van der Waals surface area contributed by atoms with Gasteiger partial charge in [-0.25, -0.2) is 15.0 Å². The van der Waals surface area contributed by atoms with E-state index in [0.717, 1.165) is 10.6 Å². The van der Waals surface area contributed by atoms with Gasteiger partial charge in [-0.3, -0.25) is 4.79 Å². The van der Waals surface area contributed by atoms with E-state index in [-0.39, 0.29) is 29.9 Å². The quantitative estimate of drug-likeness (QED) is 0.765. The molecule has 0 aliphatic heterocycles. The number of thiophene rings is 1. The molecule has 0 radical (unpaired) electrons. The minimum atomic E-state index is -0.287. The predicted molar refractivity (Wildman–Crippen MR) is 90.3 cm³/mol. The van der Waals surface area contributed by atoms with Gasteiger partial charge in [0.05, 0.1) is 22.1 Å². The van der Waals surface area contributed by atoms with Crippen molar-refractivity contribution in [3.8, 4) is 10.6 Å². The molecule has 0 spiro atoms. The lowest BCUT2D eigenvalue weighted by molar-refractivity contribution is 0.491. The molecule has 8 heteroatoms. The second kappa shape index (κ2) is 6.51. The van der Waals surface area contributed by atoms with Crippen LogP contribution in [-0.2, 0) is 0 Å². The van der Waals surface area contributed by atoms with Crippen LogP contribution in [0, 0.1) is 5.92 Å². The van der Waals surface area contributed by atoms with Gasteiger partial charge < -0.3 is 10.7 Å². The number of nitrogens with two attached hydrogens (primary N) is 1. The third kappa shape index (κ3) is 3.01. The first-order chi connectivity index (χ1) is 10.1. The fourth-order valence-corrected chi connectivity index (χ4v) is 2.96. The summed E-state index contributed by atoms with van der Waals surface area (Å²) in [7, 11) is 0. The molecule has 0 unspecified atom stereocenters. The Hall–Kier alpha value is -1.83. The maximum atomic E-state index is 12.2. The standard InChI is InChI=1S/C14H15N5OS.ClH/c1-7(2)11(15)13-18-9-5-10(8-3-4-16-6-17-8)21-12(9)14(20)19-13;/h3-7,11H,15H2,1-2H3,(H,18,19,20);1H/t11-;/m0./s1. The van der Waals surface area contributed by atoms with Crippen LogP contribution in [0.25, 0.3) is 20.8 Å². The molecule has 0 saturated carbocycles. The average molecular weight is 338 g/mol. The van der Waals surface area contributed by atoms with E-state index in [9.17, 15) is 4.79 Å². The van der Waals surface area contributed by atoms with Crippen molar-refractivity contribution in [3.05, 3.63) is 40.8 Å². The summed E-state index contributed by atoms with van der Waals surface area (Å²) in [6.07, 6.45) is 3.15. The summed E-state index contributed by atoms with van der Waals surface area (Å²) in [5.74, 6) is 0.722. The SMILES string of the molecule is CC(C)[C@H](N)c1nc2cc(-c3ccncn3)sc2c(=O)[nH]1.Cl. The van der Waals surface area contributed by atoms with Crippen molar-refractivity contribution >= 4 is 34.0 Å². The molecule has 3 aromatic rings. The summed E-state index contributed by atoms with van der Waals surface area (Å²) in [4.78, 5) is 28.4. The highest BCUT2D eigenvalue weighted by Crippen LogP contribution is 2.29. The largest absolute Gasteiger partial charge is 0.321 e. The van der Waals surface area contributed by atoms with Crippen LogP contribution in [0.1, 0.15) is 25.7 Å². The molecule has 3 aromatic heterocycles. The van der Waals surface area contributed by atoms with Crippen molar-refractivity contribution in [1.82, 2.24) is 19.9 Å². The zero-order valence-electron chi connectivity index (χ0n) is 12.1. The highest BCUT2D eigenvalue weighted by Gasteiger charge is 2.16. The second-order valence-corrected chi connectivity index (χ2v) is 6.19. The third-order valence-electron chi connectivity index (χ3n) is 3.27. The smallest absolute Gasteiger partial charge is 0.268 e. The minimum Gasteiger partial charge on any atom is -0.321 e. The van der Waals surface area contributed by atoms with Crippen LogP contribution in [-0.4, -0.2) is 19.9 Å². The first kappa shape index (κ1) is 16.5. The van der Waals surface area contributed by atoms with E-state index in [2.05, 4.69) is 19.9 Å². The summed E-state index contributed by atoms with van der Waals surface area (Å²) in [5, 5.41) is 0. The second-order valence-electron chi connectivity index (χ2n) is 5.14. The van der Waals surface area contributed by atoms with Crippen molar-refractivity contribution < 1.29 is 0 Å². The lowest BCUT2D eigenvalue weighted by Gasteiger charge is -2.13. The van der Waals surface area contributed by atoms with E-state index in [1.807, 2.05) is 19.9 Å². The zero-order valence-corrected chi connectivity index (χ0v) is 13.7. The molecule has 3 N–H and O–H groups in total. The number of nitrogens with one attached hydrogen (secondary N) is 1. The van der Waals surface area contributed by atoms with E-state index in [0.29, 0.717) is 16.0 Å². The van der Waals surface area contributed by atoms with Crippen molar-refractivity contribution in [1.29, 1.82) is 0 Å². The molecule has 3 heterocycles. The number of hydrogen-bond acceptors (Lipinski definition) is 6. The first-order valence-corrected chi connectivity index (χ1v) is 7.43. The van der Waals surface area contributed by atoms with Crippen molar-refractivity contribution in [2.45, 2.75) is 19.9 Å². The monoisotopic (exact) mass is 337 g/mol. The summed E-state index contributed by atoms with van der Waals surface area (Å²) in [5.41, 5.74) is 7.35. The summed E-state index contributed by atoms with van der Waals surface area (Å²) in [6.45, 7) is 3.99. The molecule has 6 nitrogen and oxygen atoms in total. The van der Waals surface area contributed by atoms with Gasteiger partial charge in [0.1, 0.15) is 16.9 Å². The molecular formula is C14H16ClN5OS. The van der Waals surface area contributed by atoms with E-state index >= 15 is 0 Å². The molecule has 116 valence electrons. The van der Waals surface area contributed by atoms with Crippen LogP contribution in [0.5, 0.6) is 0 Å². The normalized spacial score (nSPS) is 12.4. The zero-order chi connectivity index (χ0) is 15.0. The molecular weight excluding hydrogens is 322 g/mol. The number of halogens is 1. The van der Waals surface area contributed by atoms with Gasteiger partial charge in [-0.05, 0) is 18.1 Å². The number of aromatic amines is 1. The van der Waals surface area contributed by atoms with Crippen LogP contribution >= 0.6 is 23.7 Å². The van der Waals surface area contributed by atoms with E-state index < -0.39 is 0 Å². The van der Waals surface area contributed by atoms with E-state index in [1.165, 1.54) is 17.7 Å². The highest BCUT2D eigenvalue weighted by atomic mass is 35.5. The van der Waals surface area contributed by atoms with Crippen molar-refractivity contribution in [2.75, 3.05) is 0 Å². The Balaban J connectivity index is 0.00000176. The predicted octanol–water partition coefficient (Wildman–Crippen LogP) is 2.52. The fourth-order valence-electron chi connectivity index (χ4n) is 1.99. The third-order valence-corrected chi connectivity index (χ3v) is 4.42. The average Bonchev–Trinajstić information content (AvgIpc) is 2.92. The van der Waals surface area contributed by atoms with Gasteiger partial charge in [-0.15, -0.1) is 23.7 Å². The molecule has 0 saturated heterocycles. The number of nitrogens with zero attached hydrogens (tertiary/aromatic N) is 3. The van der Waals surface area contributed by atoms with Crippen LogP contribution in [0.4, 0.5) is 0 Å². The van der Waals surface area contributed by atoms with E-state index in [4.69, 9.17) is 5.73 Å². The number of H-pyrrole nitrogens is 1. The maximum Gasteiger partial charge on any atom is 0.268 e. The maximum absolute atomic E-state index is 12.2. The fraction of sp³-hybridized carbons (Fsp3) is 0.286. The number of fused-ring (bicyclic) bond motifs is 1. The Bertz CT molecular complexity index is 830. The lowest BCUT2D eigenvalue weighted by Crippen LogP contribution is -2.23. The van der Waals surface area contributed by atoms with E-state index in [1.54, 1.807) is 12.3 Å². The Morgan fingerprint density at radius 3 is 2.77 bits per heavy atom. The molecule has 0 amide bonds. The summed E-state index contributed by atoms with van der Waals surface area (Å²) in [6, 6.07) is 3.39. The number of aromatic nitrogens is 4. The molecule has 1 atom stereocenters. The van der Waals surface area contributed by atoms with Crippen LogP contribution in [0.3, 0.4) is 0 Å².